The number of aliphatic carboxylic acids is 1. The van der Waals surface area contributed by atoms with Gasteiger partial charge in [-0.15, -0.1) is 0 Å². The molecule has 0 fully saturated rings. The lowest BCUT2D eigenvalue weighted by atomic mass is 10.2. The van der Waals surface area contributed by atoms with E-state index >= 15 is 0 Å². The molecule has 2 atom stereocenters. The Balaban J connectivity index is 2.27. The summed E-state index contributed by atoms with van der Waals surface area (Å²) in [5.41, 5.74) is -0.164. The Labute approximate surface area is 165 Å². The molecular weight excluding hydrogens is 407 g/mol. The number of para-hydroxylation sites is 1. The molecular formula is C17H19N2O7PS. The number of nitrogens with one attached hydrogen (secondary N) is 1. The fourth-order valence-corrected chi connectivity index (χ4v) is 4.16. The van der Waals surface area contributed by atoms with Gasteiger partial charge in [-0.1, -0.05) is 18.2 Å². The molecule has 0 aliphatic heterocycles. The van der Waals surface area contributed by atoms with Crippen LogP contribution in [0.4, 0.5) is 5.69 Å². The number of hydrogen-bond donors (Lipinski definition) is 2. The van der Waals surface area contributed by atoms with E-state index in [0.717, 1.165) is 0 Å². The number of rotatable bonds is 11. The molecule has 9 nitrogen and oxygen atoms in total. The normalized spacial score (nSPS) is 13.9. The van der Waals surface area contributed by atoms with Crippen molar-refractivity contribution in [2.45, 2.75) is 12.5 Å². The van der Waals surface area contributed by atoms with Crippen molar-refractivity contribution in [3.05, 3.63) is 64.7 Å². The maximum absolute atomic E-state index is 13.3. The Bertz CT molecular complexity index is 848. The minimum atomic E-state index is -4.16. The van der Waals surface area contributed by atoms with Crippen molar-refractivity contribution in [3.8, 4) is 11.5 Å². The lowest BCUT2D eigenvalue weighted by molar-refractivity contribution is -0.384. The second-order valence-electron chi connectivity index (χ2n) is 5.55. The molecule has 150 valence electrons. The highest BCUT2D eigenvalue weighted by molar-refractivity contribution is 7.98. The summed E-state index contributed by atoms with van der Waals surface area (Å²) < 4.78 is 24.2. The first kappa shape index (κ1) is 21.7. The molecule has 2 aromatic rings. The number of nitro benzene ring substituents is 1. The fourth-order valence-electron chi connectivity index (χ4n) is 2.13. The molecule has 0 saturated heterocycles. The summed E-state index contributed by atoms with van der Waals surface area (Å²) in [5, 5.41) is 22.6. The smallest absolute Gasteiger partial charge is 0.480 e. The van der Waals surface area contributed by atoms with E-state index in [1.54, 1.807) is 30.3 Å². The predicted molar refractivity (Wildman–Crippen MR) is 106 cm³/mol. The topological polar surface area (TPSA) is 128 Å². The first-order chi connectivity index (χ1) is 13.3. The van der Waals surface area contributed by atoms with E-state index in [1.165, 1.54) is 36.0 Å². The van der Waals surface area contributed by atoms with Crippen LogP contribution in [0.3, 0.4) is 0 Å². The number of nitrogens with zero attached hydrogens (tertiary/aromatic N) is 1. The maximum atomic E-state index is 13.3. The Hall–Kier alpha value is -2.55. The molecule has 11 heteroatoms. The average Bonchev–Trinajstić information content (AvgIpc) is 2.66. The standard InChI is InChI=1S/C17H19N2O7PS/c1-28-12-11-16(17(20)21)18-27(24,25-14-5-3-2-4-6-14)26-15-9-7-13(8-10-15)19(22)23/h2-10,16H,11-12H2,1H3,(H,18,24)(H,20,21)/t16-,27?/m0/s1. The minimum Gasteiger partial charge on any atom is -0.480 e. The van der Waals surface area contributed by atoms with Crippen molar-refractivity contribution < 1.29 is 28.4 Å². The van der Waals surface area contributed by atoms with Crippen LogP contribution >= 0.6 is 19.5 Å². The van der Waals surface area contributed by atoms with Gasteiger partial charge in [-0.3, -0.25) is 14.9 Å². The van der Waals surface area contributed by atoms with Crippen LogP contribution in [0.25, 0.3) is 0 Å². The van der Waals surface area contributed by atoms with Gasteiger partial charge in [0.2, 0.25) is 0 Å². The number of hydrogen-bond acceptors (Lipinski definition) is 7. The van der Waals surface area contributed by atoms with Crippen LogP contribution in [0.2, 0.25) is 0 Å². The van der Waals surface area contributed by atoms with E-state index in [9.17, 15) is 24.6 Å². The van der Waals surface area contributed by atoms with Gasteiger partial charge in [0.1, 0.15) is 17.5 Å². The second kappa shape index (κ2) is 10.1. The average molecular weight is 426 g/mol. The first-order valence-electron chi connectivity index (χ1n) is 8.11. The number of benzene rings is 2. The minimum absolute atomic E-state index is 0.0337. The van der Waals surface area contributed by atoms with Crippen molar-refractivity contribution in [3.63, 3.8) is 0 Å². The highest BCUT2D eigenvalue weighted by Crippen LogP contribution is 2.45. The van der Waals surface area contributed by atoms with Crippen LogP contribution in [0.5, 0.6) is 11.5 Å². The van der Waals surface area contributed by atoms with Gasteiger partial charge >= 0.3 is 13.7 Å². The summed E-state index contributed by atoms with van der Waals surface area (Å²) in [6.45, 7) is 0. The SMILES string of the molecule is CSCC[C@H](NP(=O)(Oc1ccccc1)Oc1ccc([N+](=O)[O-])cc1)C(=O)O. The number of carboxylic acid groups (broad SMARTS) is 1. The largest absolute Gasteiger partial charge is 0.513 e. The molecule has 0 saturated carbocycles. The molecule has 0 aliphatic carbocycles. The summed E-state index contributed by atoms with van der Waals surface area (Å²) >= 11 is 1.45. The molecule has 1 unspecified atom stereocenters. The highest BCUT2D eigenvalue weighted by atomic mass is 32.2. The van der Waals surface area contributed by atoms with Gasteiger partial charge in [-0.25, -0.2) is 4.57 Å². The summed E-state index contributed by atoms with van der Waals surface area (Å²) in [4.78, 5) is 21.7. The van der Waals surface area contributed by atoms with E-state index < -0.39 is 24.7 Å². The third-order valence-corrected chi connectivity index (χ3v) is 5.64. The molecule has 0 spiro atoms. The lowest BCUT2D eigenvalue weighted by Gasteiger charge is -2.23. The molecule has 0 amide bonds. The van der Waals surface area contributed by atoms with Crippen LogP contribution < -0.4 is 14.1 Å². The molecule has 2 aromatic carbocycles. The summed E-state index contributed by atoms with van der Waals surface area (Å²) in [5.74, 6) is -0.425. The molecule has 2 N–H and O–H groups in total. The third kappa shape index (κ3) is 6.56. The van der Waals surface area contributed by atoms with E-state index in [-0.39, 0.29) is 23.6 Å². The molecule has 2 rings (SSSR count). The van der Waals surface area contributed by atoms with Gasteiger partial charge in [0.25, 0.3) is 5.69 Å². The fraction of sp³-hybridized carbons (Fsp3) is 0.235. The molecule has 0 heterocycles. The van der Waals surface area contributed by atoms with Crippen molar-refractivity contribution in [2.75, 3.05) is 12.0 Å². The monoisotopic (exact) mass is 426 g/mol. The highest BCUT2D eigenvalue weighted by Gasteiger charge is 2.35. The van der Waals surface area contributed by atoms with Crippen molar-refractivity contribution in [1.29, 1.82) is 0 Å². The second-order valence-corrected chi connectivity index (χ2v) is 8.15. The Morgan fingerprint density at radius 2 is 1.75 bits per heavy atom. The first-order valence-corrected chi connectivity index (χ1v) is 11.0. The molecule has 0 aliphatic rings. The lowest BCUT2D eigenvalue weighted by Crippen LogP contribution is -2.37. The zero-order chi connectivity index (χ0) is 20.6. The Morgan fingerprint density at radius 1 is 1.18 bits per heavy atom. The Kier molecular flexibility index (Phi) is 7.86. The predicted octanol–water partition coefficient (Wildman–Crippen LogP) is 3.96. The van der Waals surface area contributed by atoms with Gasteiger partial charge < -0.3 is 14.2 Å². The van der Waals surface area contributed by atoms with Crippen LogP contribution in [0, 0.1) is 10.1 Å². The van der Waals surface area contributed by atoms with E-state index in [2.05, 4.69) is 5.09 Å². The van der Waals surface area contributed by atoms with Crippen LogP contribution in [0.15, 0.2) is 54.6 Å². The summed E-state index contributed by atoms with van der Waals surface area (Å²) in [6, 6.07) is 11.9. The van der Waals surface area contributed by atoms with Crippen LogP contribution in [0.1, 0.15) is 6.42 Å². The van der Waals surface area contributed by atoms with E-state index in [4.69, 9.17) is 9.05 Å². The van der Waals surface area contributed by atoms with Crippen LogP contribution in [-0.2, 0) is 9.36 Å². The summed E-state index contributed by atoms with van der Waals surface area (Å²) in [6.07, 6.45) is 2.02. The number of carbonyl (C=O) groups is 1. The van der Waals surface area contributed by atoms with Gasteiger partial charge in [-0.05, 0) is 42.7 Å². The van der Waals surface area contributed by atoms with Gasteiger partial charge in [0.05, 0.1) is 4.92 Å². The van der Waals surface area contributed by atoms with E-state index in [0.29, 0.717) is 5.75 Å². The molecule has 0 aromatic heterocycles. The zero-order valence-electron chi connectivity index (χ0n) is 14.9. The van der Waals surface area contributed by atoms with Crippen molar-refractivity contribution >= 4 is 31.2 Å². The Morgan fingerprint density at radius 3 is 2.25 bits per heavy atom. The van der Waals surface area contributed by atoms with Crippen molar-refractivity contribution in [1.82, 2.24) is 5.09 Å². The molecule has 28 heavy (non-hydrogen) atoms. The number of nitro groups is 1. The summed E-state index contributed by atoms with van der Waals surface area (Å²) in [7, 11) is -4.16. The van der Waals surface area contributed by atoms with Crippen molar-refractivity contribution in [2.24, 2.45) is 0 Å². The van der Waals surface area contributed by atoms with Gasteiger partial charge in [0, 0.05) is 12.1 Å². The third-order valence-electron chi connectivity index (χ3n) is 3.46. The number of thioether (sulfide) groups is 1. The zero-order valence-corrected chi connectivity index (χ0v) is 16.6. The number of non-ortho nitro benzene ring substituents is 1. The quantitative estimate of drug-likeness (QED) is 0.312. The maximum Gasteiger partial charge on any atom is 0.513 e. The number of carboxylic acids is 1. The van der Waals surface area contributed by atoms with Gasteiger partial charge in [-0.2, -0.15) is 16.8 Å². The molecule has 0 radical (unpaired) electrons. The van der Waals surface area contributed by atoms with Gasteiger partial charge in [0.15, 0.2) is 0 Å². The van der Waals surface area contributed by atoms with Crippen LogP contribution in [-0.4, -0.2) is 34.0 Å². The molecule has 0 bridgehead atoms. The van der Waals surface area contributed by atoms with E-state index in [1.807, 2.05) is 6.26 Å².